The fourth-order valence-electron chi connectivity index (χ4n) is 2.59. The van der Waals surface area contributed by atoms with Crippen molar-refractivity contribution in [1.82, 2.24) is 4.98 Å². The van der Waals surface area contributed by atoms with Crippen LogP contribution in [0, 0.1) is 0 Å². The molecule has 4 heteroatoms. The zero-order chi connectivity index (χ0) is 13.2. The van der Waals surface area contributed by atoms with Gasteiger partial charge in [-0.15, -0.1) is 0 Å². The Labute approximate surface area is 111 Å². The van der Waals surface area contributed by atoms with E-state index in [0.717, 1.165) is 18.4 Å². The molecule has 3 rings (SSSR count). The number of aromatic hydroxyl groups is 1. The second-order valence-electron chi connectivity index (χ2n) is 4.89. The lowest BCUT2D eigenvalue weighted by molar-refractivity contribution is 0.110. The maximum atomic E-state index is 9.42. The Balaban J connectivity index is 1.95. The van der Waals surface area contributed by atoms with Crippen LogP contribution in [-0.2, 0) is 4.74 Å². The van der Waals surface area contributed by atoms with E-state index in [1.54, 1.807) is 25.3 Å². The summed E-state index contributed by atoms with van der Waals surface area (Å²) in [6, 6.07) is 4.95. The number of phenols is 1. The van der Waals surface area contributed by atoms with E-state index in [0.29, 0.717) is 11.5 Å². The molecule has 1 atom stereocenters. The van der Waals surface area contributed by atoms with E-state index in [1.807, 2.05) is 6.08 Å². The van der Waals surface area contributed by atoms with Crippen LogP contribution in [0.2, 0.25) is 0 Å². The summed E-state index contributed by atoms with van der Waals surface area (Å²) in [5, 5.41) is 9.42. The topological polar surface area (TPSA) is 55.5 Å². The average Bonchev–Trinajstić information content (AvgIpc) is 2.80. The molecular formula is C15H17NO3. The highest BCUT2D eigenvalue weighted by Gasteiger charge is 2.19. The first-order valence-corrected chi connectivity index (χ1v) is 6.59. The minimum absolute atomic E-state index is 0.178. The number of hydrogen-bond donors (Lipinski definition) is 1. The second-order valence-corrected chi connectivity index (χ2v) is 4.89. The van der Waals surface area contributed by atoms with E-state index in [-0.39, 0.29) is 11.9 Å². The van der Waals surface area contributed by atoms with Crippen LogP contribution in [0.15, 0.2) is 28.2 Å². The summed E-state index contributed by atoms with van der Waals surface area (Å²) >= 11 is 0. The van der Waals surface area contributed by atoms with Gasteiger partial charge >= 0.3 is 0 Å². The normalized spacial score (nSPS) is 22.2. The lowest BCUT2D eigenvalue weighted by Gasteiger charge is -2.23. The average molecular weight is 259 g/mol. The molecule has 0 spiro atoms. The van der Waals surface area contributed by atoms with Gasteiger partial charge in [0.15, 0.2) is 5.58 Å². The van der Waals surface area contributed by atoms with E-state index < -0.39 is 0 Å². The van der Waals surface area contributed by atoms with Crippen molar-refractivity contribution in [1.29, 1.82) is 0 Å². The number of methoxy groups -OCH3 is 1. The van der Waals surface area contributed by atoms with Gasteiger partial charge in [0.2, 0.25) is 5.89 Å². The summed E-state index contributed by atoms with van der Waals surface area (Å²) in [7, 11) is 1.74. The van der Waals surface area contributed by atoms with E-state index in [4.69, 9.17) is 9.15 Å². The molecule has 1 aromatic heterocycles. The Morgan fingerprint density at radius 2 is 2.32 bits per heavy atom. The number of benzene rings is 1. The number of oxazole rings is 1. The van der Waals surface area contributed by atoms with Crippen LogP contribution in [0.4, 0.5) is 0 Å². The Morgan fingerprint density at radius 1 is 1.42 bits per heavy atom. The number of phenolic OH excluding ortho intramolecular Hbond substituents is 1. The van der Waals surface area contributed by atoms with Gasteiger partial charge in [-0.3, -0.25) is 0 Å². The maximum absolute atomic E-state index is 9.42. The van der Waals surface area contributed by atoms with Gasteiger partial charge in [-0.2, -0.15) is 0 Å². The van der Waals surface area contributed by atoms with Crippen molar-refractivity contribution in [2.75, 3.05) is 7.11 Å². The third-order valence-electron chi connectivity index (χ3n) is 3.58. The van der Waals surface area contributed by atoms with Gasteiger partial charge in [0.1, 0.15) is 11.3 Å². The summed E-state index contributed by atoms with van der Waals surface area (Å²) in [4.78, 5) is 4.41. The first-order chi connectivity index (χ1) is 9.26. The minimum atomic E-state index is 0.178. The Bertz CT molecular complexity index is 615. The number of ether oxygens (including phenoxy) is 1. The molecule has 1 saturated carbocycles. The molecular weight excluding hydrogens is 242 g/mol. The number of nitrogens with zero attached hydrogens (tertiary/aromatic N) is 1. The lowest BCUT2D eigenvalue weighted by Crippen LogP contribution is -2.17. The van der Waals surface area contributed by atoms with Crippen LogP contribution in [0.5, 0.6) is 5.75 Å². The highest BCUT2D eigenvalue weighted by molar-refractivity contribution is 5.75. The van der Waals surface area contributed by atoms with Gasteiger partial charge in [0.05, 0.1) is 6.10 Å². The SMILES string of the molecule is COC1CCCC/C1=C/c1nc2ccc(O)cc2o1. The highest BCUT2D eigenvalue weighted by atomic mass is 16.5. The third-order valence-corrected chi connectivity index (χ3v) is 3.58. The molecule has 0 amide bonds. The van der Waals surface area contributed by atoms with Gasteiger partial charge in [-0.25, -0.2) is 4.98 Å². The third kappa shape index (κ3) is 2.49. The van der Waals surface area contributed by atoms with Crippen LogP contribution in [0.1, 0.15) is 31.6 Å². The zero-order valence-electron chi connectivity index (χ0n) is 10.9. The summed E-state index contributed by atoms with van der Waals surface area (Å²) < 4.78 is 11.1. The molecule has 1 heterocycles. The van der Waals surface area contributed by atoms with E-state index in [1.165, 1.54) is 18.4 Å². The zero-order valence-corrected chi connectivity index (χ0v) is 10.9. The van der Waals surface area contributed by atoms with Crippen LogP contribution in [0.25, 0.3) is 17.2 Å². The number of aromatic nitrogens is 1. The molecule has 0 radical (unpaired) electrons. The van der Waals surface area contributed by atoms with E-state index in [2.05, 4.69) is 4.98 Å². The van der Waals surface area contributed by atoms with Crippen LogP contribution < -0.4 is 0 Å². The van der Waals surface area contributed by atoms with Crippen molar-refractivity contribution in [2.45, 2.75) is 31.8 Å². The molecule has 100 valence electrons. The van der Waals surface area contributed by atoms with Gasteiger partial charge in [0, 0.05) is 19.3 Å². The monoisotopic (exact) mass is 259 g/mol. The van der Waals surface area contributed by atoms with Crippen LogP contribution in [-0.4, -0.2) is 23.3 Å². The maximum Gasteiger partial charge on any atom is 0.220 e. The second kappa shape index (κ2) is 5.05. The number of rotatable bonds is 2. The Hall–Kier alpha value is -1.81. The van der Waals surface area contributed by atoms with Crippen molar-refractivity contribution >= 4 is 17.2 Å². The quantitative estimate of drug-likeness (QED) is 0.896. The number of fused-ring (bicyclic) bond motifs is 1. The first kappa shape index (κ1) is 12.2. The molecule has 0 aliphatic heterocycles. The fraction of sp³-hybridized carbons (Fsp3) is 0.400. The summed E-state index contributed by atoms with van der Waals surface area (Å²) in [5.41, 5.74) is 2.61. The van der Waals surface area contributed by atoms with Crippen molar-refractivity contribution in [2.24, 2.45) is 0 Å². The molecule has 2 aromatic rings. The molecule has 4 nitrogen and oxygen atoms in total. The predicted molar refractivity (Wildman–Crippen MR) is 72.9 cm³/mol. The van der Waals surface area contributed by atoms with Crippen molar-refractivity contribution in [3.8, 4) is 5.75 Å². The minimum Gasteiger partial charge on any atom is -0.508 e. The molecule has 1 fully saturated rings. The van der Waals surface area contributed by atoms with E-state index in [9.17, 15) is 5.11 Å². The molecule has 19 heavy (non-hydrogen) atoms. The molecule has 0 saturated heterocycles. The fourth-order valence-corrected chi connectivity index (χ4v) is 2.59. The van der Waals surface area contributed by atoms with Crippen LogP contribution in [0.3, 0.4) is 0 Å². The van der Waals surface area contributed by atoms with Crippen LogP contribution >= 0.6 is 0 Å². The Morgan fingerprint density at radius 3 is 3.16 bits per heavy atom. The lowest BCUT2D eigenvalue weighted by atomic mass is 9.92. The summed E-state index contributed by atoms with van der Waals surface area (Å²) in [6.45, 7) is 0. The Kier molecular flexibility index (Phi) is 3.25. The molecule has 1 aliphatic rings. The van der Waals surface area contributed by atoms with E-state index >= 15 is 0 Å². The molecule has 1 N–H and O–H groups in total. The van der Waals surface area contributed by atoms with Gasteiger partial charge in [-0.1, -0.05) is 6.42 Å². The smallest absolute Gasteiger partial charge is 0.220 e. The van der Waals surface area contributed by atoms with Crippen molar-refractivity contribution < 1.29 is 14.3 Å². The van der Waals surface area contributed by atoms with Gasteiger partial charge in [0.25, 0.3) is 0 Å². The van der Waals surface area contributed by atoms with Gasteiger partial charge < -0.3 is 14.3 Å². The summed E-state index contributed by atoms with van der Waals surface area (Å²) in [5.74, 6) is 0.773. The van der Waals surface area contributed by atoms with Crippen molar-refractivity contribution in [3.63, 3.8) is 0 Å². The molecule has 1 aliphatic carbocycles. The molecule has 1 unspecified atom stereocenters. The largest absolute Gasteiger partial charge is 0.508 e. The molecule has 1 aromatic carbocycles. The summed E-state index contributed by atoms with van der Waals surface area (Å²) in [6.07, 6.45) is 6.64. The molecule has 0 bridgehead atoms. The standard InChI is InChI=1S/C15H17NO3/c1-18-13-5-3-2-4-10(13)8-15-16-12-7-6-11(17)9-14(12)19-15/h6-9,13,17H,2-5H2,1H3/b10-8-. The first-order valence-electron chi connectivity index (χ1n) is 6.59. The predicted octanol–water partition coefficient (Wildman–Crippen LogP) is 3.51. The number of hydrogen-bond acceptors (Lipinski definition) is 4. The van der Waals surface area contributed by atoms with Gasteiger partial charge in [-0.05, 0) is 37.0 Å². The highest BCUT2D eigenvalue weighted by Crippen LogP contribution is 2.28. The van der Waals surface area contributed by atoms with Crippen molar-refractivity contribution in [3.05, 3.63) is 29.7 Å².